The van der Waals surface area contributed by atoms with Crippen LogP contribution in [0.15, 0.2) is 0 Å². The summed E-state index contributed by atoms with van der Waals surface area (Å²) in [5.74, 6) is 0.622. The number of hydrogen-bond acceptors (Lipinski definition) is 3. The van der Waals surface area contributed by atoms with Crippen LogP contribution in [-0.4, -0.2) is 58.6 Å². The second-order valence-electron chi connectivity index (χ2n) is 6.65. The Balaban J connectivity index is 2.08. The van der Waals surface area contributed by atoms with Gasteiger partial charge in [-0.2, -0.15) is 0 Å². The molecule has 1 aliphatic carbocycles. The molecule has 4 heteroatoms. The molecule has 0 radical (unpaired) electrons. The van der Waals surface area contributed by atoms with Crippen LogP contribution in [0.5, 0.6) is 0 Å². The first kappa shape index (κ1) is 16.8. The molecule has 1 amide bonds. The van der Waals surface area contributed by atoms with Crippen LogP contribution >= 0.6 is 0 Å². The maximum Gasteiger partial charge on any atom is 0.239 e. The summed E-state index contributed by atoms with van der Waals surface area (Å²) < 4.78 is 0. The van der Waals surface area contributed by atoms with Crippen molar-refractivity contribution in [1.29, 1.82) is 0 Å². The Bertz CT molecular complexity index is 344. The molecule has 0 bridgehead atoms. The SMILES string of the molecule is CCN(CC)C(=O)C(C)N1CCCCC1C1CCCC1O. The molecule has 4 atom stereocenters. The highest BCUT2D eigenvalue weighted by molar-refractivity contribution is 5.81. The lowest BCUT2D eigenvalue weighted by atomic mass is 9.86. The van der Waals surface area contributed by atoms with Crippen molar-refractivity contribution in [2.45, 2.75) is 77.5 Å². The van der Waals surface area contributed by atoms with Gasteiger partial charge in [0.2, 0.25) is 5.91 Å². The third kappa shape index (κ3) is 3.59. The number of rotatable bonds is 5. The fourth-order valence-corrected chi connectivity index (χ4v) is 4.28. The average Bonchev–Trinajstić information content (AvgIpc) is 2.93. The largest absolute Gasteiger partial charge is 0.393 e. The van der Waals surface area contributed by atoms with Gasteiger partial charge >= 0.3 is 0 Å². The Morgan fingerprint density at radius 2 is 1.90 bits per heavy atom. The lowest BCUT2D eigenvalue weighted by Gasteiger charge is -2.44. The van der Waals surface area contributed by atoms with Gasteiger partial charge in [0, 0.05) is 25.0 Å². The quantitative estimate of drug-likeness (QED) is 0.846. The van der Waals surface area contributed by atoms with Crippen LogP contribution in [0.1, 0.15) is 59.3 Å². The first-order valence-electron chi connectivity index (χ1n) is 8.82. The second-order valence-corrected chi connectivity index (χ2v) is 6.65. The summed E-state index contributed by atoms with van der Waals surface area (Å²) in [6.07, 6.45) is 6.58. The molecule has 1 heterocycles. The third-order valence-corrected chi connectivity index (χ3v) is 5.55. The summed E-state index contributed by atoms with van der Waals surface area (Å²) in [6.45, 7) is 8.71. The predicted octanol–water partition coefficient (Wildman–Crippen LogP) is 2.26. The lowest BCUT2D eigenvalue weighted by Crippen LogP contribution is -2.55. The molecule has 0 spiro atoms. The Kier molecular flexibility index (Phi) is 6.06. The lowest BCUT2D eigenvalue weighted by molar-refractivity contribution is -0.138. The minimum absolute atomic E-state index is 0.0528. The molecule has 1 saturated heterocycles. The number of carbonyl (C=O) groups is 1. The van der Waals surface area contributed by atoms with E-state index in [9.17, 15) is 9.90 Å². The number of amides is 1. The maximum absolute atomic E-state index is 12.7. The minimum atomic E-state index is -0.161. The number of piperidine rings is 1. The minimum Gasteiger partial charge on any atom is -0.393 e. The van der Waals surface area contributed by atoms with E-state index in [1.807, 2.05) is 18.7 Å². The smallest absolute Gasteiger partial charge is 0.239 e. The van der Waals surface area contributed by atoms with Crippen molar-refractivity contribution in [3.8, 4) is 0 Å². The van der Waals surface area contributed by atoms with Crippen molar-refractivity contribution in [2.75, 3.05) is 19.6 Å². The zero-order chi connectivity index (χ0) is 15.4. The molecule has 4 unspecified atom stereocenters. The second kappa shape index (κ2) is 7.59. The summed E-state index contributed by atoms with van der Waals surface area (Å²) in [6, 6.07) is 0.341. The van der Waals surface area contributed by atoms with Gasteiger partial charge in [0.1, 0.15) is 0 Å². The van der Waals surface area contributed by atoms with Gasteiger partial charge in [-0.05, 0) is 53.0 Å². The van der Waals surface area contributed by atoms with Gasteiger partial charge in [0.15, 0.2) is 0 Å². The third-order valence-electron chi connectivity index (χ3n) is 5.55. The molecular weight excluding hydrogens is 264 g/mol. The molecule has 1 aliphatic heterocycles. The van der Waals surface area contributed by atoms with E-state index < -0.39 is 0 Å². The number of hydrogen-bond donors (Lipinski definition) is 1. The molecule has 0 aromatic rings. The summed E-state index contributed by atoms with van der Waals surface area (Å²) >= 11 is 0. The Labute approximate surface area is 129 Å². The predicted molar refractivity (Wildman–Crippen MR) is 85.1 cm³/mol. The molecule has 2 aliphatic rings. The van der Waals surface area contributed by atoms with E-state index in [1.165, 1.54) is 12.8 Å². The van der Waals surface area contributed by atoms with Crippen LogP contribution in [-0.2, 0) is 4.79 Å². The van der Waals surface area contributed by atoms with Gasteiger partial charge in [-0.25, -0.2) is 0 Å². The van der Waals surface area contributed by atoms with Crippen molar-refractivity contribution in [2.24, 2.45) is 5.92 Å². The zero-order valence-corrected chi connectivity index (χ0v) is 13.9. The van der Waals surface area contributed by atoms with Crippen molar-refractivity contribution in [3.05, 3.63) is 0 Å². The Morgan fingerprint density at radius 1 is 1.19 bits per heavy atom. The van der Waals surface area contributed by atoms with Gasteiger partial charge in [-0.15, -0.1) is 0 Å². The summed E-state index contributed by atoms with van der Waals surface area (Å²) in [4.78, 5) is 17.0. The van der Waals surface area contributed by atoms with E-state index in [0.29, 0.717) is 12.0 Å². The molecule has 4 nitrogen and oxygen atoms in total. The van der Waals surface area contributed by atoms with Crippen LogP contribution in [0.3, 0.4) is 0 Å². The van der Waals surface area contributed by atoms with Gasteiger partial charge in [-0.1, -0.05) is 12.8 Å². The van der Waals surface area contributed by atoms with Crippen molar-refractivity contribution in [1.82, 2.24) is 9.80 Å². The molecule has 2 fully saturated rings. The van der Waals surface area contributed by atoms with Crippen LogP contribution in [0.25, 0.3) is 0 Å². The number of aliphatic hydroxyl groups excluding tert-OH is 1. The van der Waals surface area contributed by atoms with Gasteiger partial charge in [0.25, 0.3) is 0 Å². The summed E-state index contributed by atoms with van der Waals surface area (Å²) in [7, 11) is 0. The highest BCUT2D eigenvalue weighted by Gasteiger charge is 2.40. The van der Waals surface area contributed by atoms with Gasteiger partial charge < -0.3 is 10.0 Å². The number of likely N-dealkylation sites (tertiary alicyclic amines) is 1. The molecule has 1 saturated carbocycles. The fraction of sp³-hybridized carbons (Fsp3) is 0.941. The van der Waals surface area contributed by atoms with Crippen molar-refractivity contribution in [3.63, 3.8) is 0 Å². The van der Waals surface area contributed by atoms with E-state index in [1.54, 1.807) is 0 Å². The average molecular weight is 296 g/mol. The molecule has 122 valence electrons. The van der Waals surface area contributed by atoms with Gasteiger partial charge in [0.05, 0.1) is 12.1 Å². The van der Waals surface area contributed by atoms with Crippen molar-refractivity contribution < 1.29 is 9.90 Å². The monoisotopic (exact) mass is 296 g/mol. The van der Waals surface area contributed by atoms with E-state index in [0.717, 1.165) is 45.3 Å². The van der Waals surface area contributed by atoms with Gasteiger partial charge in [-0.3, -0.25) is 9.69 Å². The number of nitrogens with zero attached hydrogens (tertiary/aromatic N) is 2. The normalized spacial score (nSPS) is 32.1. The summed E-state index contributed by atoms with van der Waals surface area (Å²) in [5.41, 5.74) is 0. The summed E-state index contributed by atoms with van der Waals surface area (Å²) in [5, 5.41) is 10.3. The maximum atomic E-state index is 12.7. The van der Waals surface area contributed by atoms with Crippen LogP contribution < -0.4 is 0 Å². The Hall–Kier alpha value is -0.610. The standard InChI is InChI=1S/C17H32N2O2/c1-4-18(5-2)17(21)13(3)19-12-7-6-10-15(19)14-9-8-11-16(14)20/h13-16,20H,4-12H2,1-3H3. The van der Waals surface area contributed by atoms with E-state index in [4.69, 9.17) is 0 Å². The highest BCUT2D eigenvalue weighted by Crippen LogP contribution is 2.36. The highest BCUT2D eigenvalue weighted by atomic mass is 16.3. The number of carbonyl (C=O) groups excluding carboxylic acids is 1. The topological polar surface area (TPSA) is 43.8 Å². The first-order chi connectivity index (χ1) is 10.1. The molecule has 2 rings (SSSR count). The molecule has 21 heavy (non-hydrogen) atoms. The Morgan fingerprint density at radius 3 is 2.48 bits per heavy atom. The molecule has 0 aromatic carbocycles. The first-order valence-corrected chi connectivity index (χ1v) is 8.82. The van der Waals surface area contributed by atoms with E-state index in [2.05, 4.69) is 11.8 Å². The molecular formula is C17H32N2O2. The fourth-order valence-electron chi connectivity index (χ4n) is 4.28. The van der Waals surface area contributed by atoms with Crippen LogP contribution in [0.4, 0.5) is 0 Å². The molecule has 1 N–H and O–H groups in total. The van der Waals surface area contributed by atoms with Crippen LogP contribution in [0, 0.1) is 5.92 Å². The molecule has 0 aromatic heterocycles. The van der Waals surface area contributed by atoms with E-state index >= 15 is 0 Å². The number of likely N-dealkylation sites (N-methyl/N-ethyl adjacent to an activating group) is 1. The number of aliphatic hydroxyl groups is 1. The zero-order valence-electron chi connectivity index (χ0n) is 13.9. The van der Waals surface area contributed by atoms with Crippen LogP contribution in [0.2, 0.25) is 0 Å². The van der Waals surface area contributed by atoms with Crippen molar-refractivity contribution >= 4 is 5.91 Å². The van der Waals surface area contributed by atoms with E-state index in [-0.39, 0.29) is 18.1 Å².